The third kappa shape index (κ3) is 2.27. The number of anilines is 1. The predicted molar refractivity (Wildman–Crippen MR) is 40.8 cm³/mol. The summed E-state index contributed by atoms with van der Waals surface area (Å²) in [4.78, 5) is 3.13. The van der Waals surface area contributed by atoms with Gasteiger partial charge in [-0.3, -0.25) is 4.98 Å². The molecule has 1 rings (SSSR count). The molecule has 12 heavy (non-hydrogen) atoms. The van der Waals surface area contributed by atoms with E-state index in [1.807, 2.05) is 0 Å². The number of nitrogen functional groups attached to an aromatic ring is 1. The van der Waals surface area contributed by atoms with E-state index in [0.29, 0.717) is 6.20 Å². The molecule has 0 saturated carbocycles. The second-order valence-corrected chi connectivity index (χ2v) is 1.93. The van der Waals surface area contributed by atoms with Crippen molar-refractivity contribution in [1.82, 2.24) is 4.98 Å². The van der Waals surface area contributed by atoms with Gasteiger partial charge in [0.2, 0.25) is 0 Å². The maximum Gasteiger partial charge on any atom is 0.280 e. The fourth-order valence-electron chi connectivity index (χ4n) is 0.591. The zero-order valence-electron chi connectivity index (χ0n) is 5.80. The van der Waals surface area contributed by atoms with Crippen molar-refractivity contribution < 1.29 is 13.2 Å². The molecule has 1 aromatic rings. The molecule has 0 saturated heterocycles. The maximum absolute atomic E-state index is 12.3. The number of hydrogen-bond donors (Lipinski definition) is 1. The maximum atomic E-state index is 12.3. The van der Waals surface area contributed by atoms with Gasteiger partial charge in [0, 0.05) is 0 Å². The molecular weight excluding hydrogens is 193 g/mol. The molecule has 0 bridgehead atoms. The molecule has 0 radical (unpaired) electrons. The van der Waals surface area contributed by atoms with Crippen molar-refractivity contribution in [3.05, 3.63) is 23.8 Å². The van der Waals surface area contributed by atoms with E-state index in [9.17, 15) is 13.2 Å². The van der Waals surface area contributed by atoms with E-state index in [0.717, 1.165) is 6.07 Å². The first-order chi connectivity index (χ1) is 5.11. The summed E-state index contributed by atoms with van der Waals surface area (Å²) in [5, 5.41) is 0. The van der Waals surface area contributed by atoms with Crippen molar-refractivity contribution in [2.24, 2.45) is 0 Å². The van der Waals surface area contributed by atoms with Gasteiger partial charge in [-0.2, -0.15) is 0 Å². The highest BCUT2D eigenvalue weighted by Gasteiger charge is 2.10. The highest BCUT2D eigenvalue weighted by Crippen LogP contribution is 2.19. The van der Waals surface area contributed by atoms with Crippen LogP contribution in [0.3, 0.4) is 0 Å². The van der Waals surface area contributed by atoms with E-state index in [1.165, 1.54) is 0 Å². The molecule has 1 aromatic heterocycles. The smallest absolute Gasteiger partial charge is 0.280 e. The van der Waals surface area contributed by atoms with Crippen LogP contribution in [0.4, 0.5) is 18.9 Å². The van der Waals surface area contributed by atoms with E-state index < -0.39 is 17.9 Å². The number of nitrogens with two attached hydrogens (primary N) is 1. The lowest BCUT2D eigenvalue weighted by Gasteiger charge is -1.99. The monoisotopic (exact) mass is 198 g/mol. The van der Waals surface area contributed by atoms with E-state index in [-0.39, 0.29) is 18.1 Å². The summed E-state index contributed by atoms with van der Waals surface area (Å²) >= 11 is 0. The Kier molecular flexibility index (Phi) is 3.82. The molecule has 6 heteroatoms. The third-order valence-electron chi connectivity index (χ3n) is 1.13. The summed E-state index contributed by atoms with van der Waals surface area (Å²) in [6, 6.07) is 0.819. The van der Waals surface area contributed by atoms with E-state index in [2.05, 4.69) is 4.98 Å². The van der Waals surface area contributed by atoms with Crippen LogP contribution in [-0.4, -0.2) is 4.98 Å². The summed E-state index contributed by atoms with van der Waals surface area (Å²) < 4.78 is 36.0. The SMILES string of the molecule is Cl.Nc1cc(C(F)F)ncc1F. The van der Waals surface area contributed by atoms with Crippen LogP contribution < -0.4 is 5.73 Å². The first kappa shape index (κ1) is 11.0. The van der Waals surface area contributed by atoms with Gasteiger partial charge in [-0.1, -0.05) is 0 Å². The molecule has 0 unspecified atom stereocenters. The highest BCUT2D eigenvalue weighted by atomic mass is 35.5. The van der Waals surface area contributed by atoms with Gasteiger partial charge in [-0.25, -0.2) is 13.2 Å². The summed E-state index contributed by atoms with van der Waals surface area (Å²) in [5.74, 6) is -0.783. The standard InChI is InChI=1S/C6H5F3N2.ClH/c7-3-2-11-5(6(8)9)1-4(3)10;/h1-2,6H,(H2,10,11);1H. The van der Waals surface area contributed by atoms with E-state index >= 15 is 0 Å². The molecule has 0 aliphatic heterocycles. The summed E-state index contributed by atoms with van der Waals surface area (Å²) in [7, 11) is 0. The van der Waals surface area contributed by atoms with Gasteiger partial charge >= 0.3 is 0 Å². The Morgan fingerprint density at radius 3 is 2.42 bits per heavy atom. The second kappa shape index (κ2) is 4.15. The minimum absolute atomic E-state index is 0. The van der Waals surface area contributed by atoms with Gasteiger partial charge in [0.15, 0.2) is 5.82 Å². The van der Waals surface area contributed by atoms with Crippen molar-refractivity contribution in [2.75, 3.05) is 5.73 Å². The molecule has 0 spiro atoms. The Labute approximate surface area is 73.0 Å². The molecule has 0 amide bonds. The molecule has 0 aliphatic rings. The number of rotatable bonds is 1. The first-order valence-electron chi connectivity index (χ1n) is 2.80. The van der Waals surface area contributed by atoms with Crippen molar-refractivity contribution in [3.8, 4) is 0 Å². The lowest BCUT2D eigenvalue weighted by Crippen LogP contribution is -1.96. The van der Waals surface area contributed by atoms with E-state index in [4.69, 9.17) is 5.73 Å². The number of nitrogens with zero attached hydrogens (tertiary/aromatic N) is 1. The number of aromatic nitrogens is 1. The summed E-state index contributed by atoms with van der Waals surface area (Å²) in [6.45, 7) is 0. The Morgan fingerprint density at radius 1 is 1.42 bits per heavy atom. The number of halogens is 4. The van der Waals surface area contributed by atoms with Crippen molar-refractivity contribution in [1.29, 1.82) is 0 Å². The third-order valence-corrected chi connectivity index (χ3v) is 1.13. The lowest BCUT2D eigenvalue weighted by molar-refractivity contribution is 0.146. The Bertz CT molecular complexity index is 267. The molecule has 0 aliphatic carbocycles. The highest BCUT2D eigenvalue weighted by molar-refractivity contribution is 5.85. The lowest BCUT2D eigenvalue weighted by atomic mass is 10.3. The van der Waals surface area contributed by atoms with Gasteiger partial charge < -0.3 is 5.73 Å². The average Bonchev–Trinajstić information content (AvgIpc) is 1.94. The van der Waals surface area contributed by atoms with Gasteiger partial charge in [0.1, 0.15) is 5.69 Å². The molecular formula is C6H6ClF3N2. The Morgan fingerprint density at radius 2 is 2.00 bits per heavy atom. The molecule has 2 nitrogen and oxygen atoms in total. The first-order valence-corrected chi connectivity index (χ1v) is 2.80. The largest absolute Gasteiger partial charge is 0.396 e. The normalized spacial score (nSPS) is 9.67. The Hall–Kier alpha value is -0.970. The molecule has 0 aromatic carbocycles. The fourth-order valence-corrected chi connectivity index (χ4v) is 0.591. The summed E-state index contributed by atoms with van der Waals surface area (Å²) in [6.07, 6.45) is -2.03. The topological polar surface area (TPSA) is 38.9 Å². The van der Waals surface area contributed by atoms with Crippen LogP contribution in [0.15, 0.2) is 12.3 Å². The molecule has 0 atom stereocenters. The zero-order chi connectivity index (χ0) is 8.43. The molecule has 2 N–H and O–H groups in total. The van der Waals surface area contributed by atoms with E-state index in [1.54, 1.807) is 0 Å². The van der Waals surface area contributed by atoms with Crippen LogP contribution in [0.5, 0.6) is 0 Å². The molecule has 0 fully saturated rings. The Balaban J connectivity index is 0.00000121. The fraction of sp³-hybridized carbons (Fsp3) is 0.167. The second-order valence-electron chi connectivity index (χ2n) is 1.93. The van der Waals surface area contributed by atoms with Gasteiger partial charge in [0.25, 0.3) is 6.43 Å². The van der Waals surface area contributed by atoms with Crippen LogP contribution in [-0.2, 0) is 0 Å². The number of hydrogen-bond acceptors (Lipinski definition) is 2. The minimum atomic E-state index is -2.71. The molecule has 1 heterocycles. The zero-order valence-corrected chi connectivity index (χ0v) is 6.62. The molecule has 68 valence electrons. The minimum Gasteiger partial charge on any atom is -0.396 e. The van der Waals surface area contributed by atoms with Crippen LogP contribution in [0.2, 0.25) is 0 Å². The quantitative estimate of drug-likeness (QED) is 0.751. The van der Waals surface area contributed by atoms with Crippen molar-refractivity contribution >= 4 is 18.1 Å². The predicted octanol–water partition coefficient (Wildman–Crippen LogP) is 2.16. The van der Waals surface area contributed by atoms with Crippen molar-refractivity contribution in [3.63, 3.8) is 0 Å². The van der Waals surface area contributed by atoms with Gasteiger partial charge in [0.05, 0.1) is 11.9 Å². The number of alkyl halides is 2. The average molecular weight is 199 g/mol. The summed E-state index contributed by atoms with van der Waals surface area (Å²) in [5.41, 5.74) is 4.19. The van der Waals surface area contributed by atoms with Gasteiger partial charge in [-0.05, 0) is 6.07 Å². The van der Waals surface area contributed by atoms with Gasteiger partial charge in [-0.15, -0.1) is 12.4 Å². The van der Waals surface area contributed by atoms with Crippen LogP contribution >= 0.6 is 12.4 Å². The number of pyridine rings is 1. The van der Waals surface area contributed by atoms with Crippen LogP contribution in [0, 0.1) is 5.82 Å². The van der Waals surface area contributed by atoms with Crippen molar-refractivity contribution in [2.45, 2.75) is 6.43 Å². The van der Waals surface area contributed by atoms with Crippen LogP contribution in [0.1, 0.15) is 12.1 Å². The van der Waals surface area contributed by atoms with Crippen LogP contribution in [0.25, 0.3) is 0 Å².